The first-order valence-corrected chi connectivity index (χ1v) is 4.32. The molecule has 0 atom stereocenters. The molecule has 4 N–H and O–H groups in total. The molecule has 0 spiro atoms. The summed E-state index contributed by atoms with van der Waals surface area (Å²) >= 11 is 11.3. The SMILES string of the molecule is Cc1c(Cl)c(O)c(C(N)=O)c(O)c1Cl. The van der Waals surface area contributed by atoms with Gasteiger partial charge in [0.05, 0.1) is 10.0 Å². The lowest BCUT2D eigenvalue weighted by molar-refractivity contribution is 0.0995. The van der Waals surface area contributed by atoms with E-state index in [4.69, 9.17) is 28.9 Å². The molecular weight excluding hydrogens is 229 g/mol. The van der Waals surface area contributed by atoms with Gasteiger partial charge in [-0.2, -0.15) is 0 Å². The van der Waals surface area contributed by atoms with Crippen molar-refractivity contribution < 1.29 is 15.0 Å². The number of carbonyl (C=O) groups is 1. The number of hydrogen-bond acceptors (Lipinski definition) is 3. The van der Waals surface area contributed by atoms with E-state index in [0.29, 0.717) is 0 Å². The number of primary amides is 1. The van der Waals surface area contributed by atoms with Crippen molar-refractivity contribution in [3.05, 3.63) is 21.2 Å². The molecule has 1 rings (SSSR count). The molecule has 0 aliphatic rings. The molecule has 14 heavy (non-hydrogen) atoms. The van der Waals surface area contributed by atoms with Crippen LogP contribution in [-0.2, 0) is 0 Å². The van der Waals surface area contributed by atoms with Crippen molar-refractivity contribution in [2.24, 2.45) is 5.73 Å². The average molecular weight is 236 g/mol. The van der Waals surface area contributed by atoms with Crippen LogP contribution in [0.3, 0.4) is 0 Å². The van der Waals surface area contributed by atoms with E-state index in [1.807, 2.05) is 0 Å². The molecule has 1 aromatic rings. The van der Waals surface area contributed by atoms with Crippen molar-refractivity contribution >= 4 is 29.1 Å². The van der Waals surface area contributed by atoms with Gasteiger partial charge in [-0.1, -0.05) is 23.2 Å². The van der Waals surface area contributed by atoms with Crippen LogP contribution in [0.4, 0.5) is 0 Å². The van der Waals surface area contributed by atoms with E-state index in [-0.39, 0.29) is 15.6 Å². The van der Waals surface area contributed by atoms with Gasteiger partial charge in [-0.15, -0.1) is 0 Å². The Morgan fingerprint density at radius 2 is 1.57 bits per heavy atom. The normalized spacial score (nSPS) is 10.2. The highest BCUT2D eigenvalue weighted by atomic mass is 35.5. The number of carbonyl (C=O) groups excluding carboxylic acids is 1. The molecule has 0 aliphatic heterocycles. The predicted octanol–water partition coefficient (Wildman–Crippen LogP) is 1.81. The minimum Gasteiger partial charge on any atom is -0.505 e. The monoisotopic (exact) mass is 235 g/mol. The molecule has 0 fully saturated rings. The van der Waals surface area contributed by atoms with Gasteiger partial charge in [-0.25, -0.2) is 0 Å². The van der Waals surface area contributed by atoms with Crippen LogP contribution in [0.5, 0.6) is 11.5 Å². The summed E-state index contributed by atoms with van der Waals surface area (Å²) in [7, 11) is 0. The Hall–Kier alpha value is -1.13. The Labute approximate surface area is 89.9 Å². The van der Waals surface area contributed by atoms with Crippen LogP contribution < -0.4 is 5.73 Å². The maximum Gasteiger partial charge on any atom is 0.256 e. The van der Waals surface area contributed by atoms with E-state index in [1.165, 1.54) is 6.92 Å². The molecular formula is C8H7Cl2NO3. The van der Waals surface area contributed by atoms with Gasteiger partial charge >= 0.3 is 0 Å². The molecule has 0 saturated heterocycles. The molecule has 0 heterocycles. The average Bonchev–Trinajstić information content (AvgIpc) is 2.11. The number of aromatic hydroxyl groups is 2. The van der Waals surface area contributed by atoms with Crippen LogP contribution in [0.1, 0.15) is 15.9 Å². The standard InChI is InChI=1S/C8H7Cl2NO3/c1-2-4(9)6(12)3(8(11)14)7(13)5(2)10/h12-13H,1H3,(H2,11,14). The van der Waals surface area contributed by atoms with E-state index in [2.05, 4.69) is 0 Å². The van der Waals surface area contributed by atoms with Crippen molar-refractivity contribution in [2.75, 3.05) is 0 Å². The molecule has 1 aromatic carbocycles. The van der Waals surface area contributed by atoms with Crippen LogP contribution in [0.2, 0.25) is 10.0 Å². The quantitative estimate of drug-likeness (QED) is 0.695. The molecule has 0 aromatic heterocycles. The first kappa shape index (κ1) is 10.9. The second-order valence-electron chi connectivity index (χ2n) is 2.69. The third-order valence-corrected chi connectivity index (χ3v) is 2.72. The number of benzene rings is 1. The summed E-state index contributed by atoms with van der Waals surface area (Å²) < 4.78 is 0. The zero-order chi connectivity index (χ0) is 11.0. The minimum atomic E-state index is -0.996. The maximum atomic E-state index is 10.8. The predicted molar refractivity (Wildman–Crippen MR) is 53.0 cm³/mol. The van der Waals surface area contributed by atoms with Gasteiger partial charge < -0.3 is 15.9 Å². The molecule has 0 saturated carbocycles. The molecule has 0 radical (unpaired) electrons. The van der Waals surface area contributed by atoms with Crippen LogP contribution in [0.15, 0.2) is 0 Å². The number of hydrogen-bond donors (Lipinski definition) is 3. The summed E-state index contributed by atoms with van der Waals surface area (Å²) in [4.78, 5) is 10.8. The van der Waals surface area contributed by atoms with Gasteiger partial charge in [0, 0.05) is 0 Å². The van der Waals surface area contributed by atoms with Crippen molar-refractivity contribution in [2.45, 2.75) is 6.92 Å². The summed E-state index contributed by atoms with van der Waals surface area (Å²) in [6.45, 7) is 1.49. The van der Waals surface area contributed by atoms with E-state index in [1.54, 1.807) is 0 Å². The van der Waals surface area contributed by atoms with E-state index < -0.39 is 23.0 Å². The van der Waals surface area contributed by atoms with Crippen molar-refractivity contribution in [1.29, 1.82) is 0 Å². The van der Waals surface area contributed by atoms with Gasteiger partial charge in [0.2, 0.25) is 0 Å². The number of halogens is 2. The van der Waals surface area contributed by atoms with Gasteiger partial charge in [0.25, 0.3) is 5.91 Å². The molecule has 76 valence electrons. The summed E-state index contributed by atoms with van der Waals surface area (Å²) in [6.07, 6.45) is 0. The molecule has 0 bridgehead atoms. The van der Waals surface area contributed by atoms with E-state index >= 15 is 0 Å². The van der Waals surface area contributed by atoms with Crippen molar-refractivity contribution in [3.8, 4) is 11.5 Å². The van der Waals surface area contributed by atoms with Gasteiger partial charge in [0.15, 0.2) is 11.5 Å². The smallest absolute Gasteiger partial charge is 0.256 e. The fraction of sp³-hybridized carbons (Fsp3) is 0.125. The van der Waals surface area contributed by atoms with Crippen LogP contribution >= 0.6 is 23.2 Å². The van der Waals surface area contributed by atoms with Crippen molar-refractivity contribution in [3.63, 3.8) is 0 Å². The number of rotatable bonds is 1. The van der Waals surface area contributed by atoms with Gasteiger partial charge in [-0.3, -0.25) is 4.79 Å². The van der Waals surface area contributed by atoms with Gasteiger partial charge in [-0.05, 0) is 12.5 Å². The Balaban J connectivity index is 3.68. The highest BCUT2D eigenvalue weighted by Gasteiger charge is 2.22. The summed E-state index contributed by atoms with van der Waals surface area (Å²) in [5, 5.41) is 18.6. The van der Waals surface area contributed by atoms with Gasteiger partial charge in [0.1, 0.15) is 5.56 Å². The van der Waals surface area contributed by atoms with Crippen LogP contribution in [0.25, 0.3) is 0 Å². The summed E-state index contributed by atoms with van der Waals surface area (Å²) in [5.74, 6) is -2.11. The number of phenols is 2. The molecule has 4 nitrogen and oxygen atoms in total. The second kappa shape index (κ2) is 3.55. The zero-order valence-corrected chi connectivity index (χ0v) is 8.65. The summed E-state index contributed by atoms with van der Waals surface area (Å²) in [5.41, 5.74) is 4.75. The summed E-state index contributed by atoms with van der Waals surface area (Å²) in [6, 6.07) is 0. The van der Waals surface area contributed by atoms with E-state index in [0.717, 1.165) is 0 Å². The zero-order valence-electron chi connectivity index (χ0n) is 7.14. The lowest BCUT2D eigenvalue weighted by Gasteiger charge is -2.10. The topological polar surface area (TPSA) is 83.5 Å². The molecule has 0 aliphatic carbocycles. The first-order chi connectivity index (χ1) is 6.37. The van der Waals surface area contributed by atoms with Crippen molar-refractivity contribution in [1.82, 2.24) is 0 Å². The minimum absolute atomic E-state index is 0.0957. The fourth-order valence-electron chi connectivity index (χ4n) is 1.02. The molecule has 1 amide bonds. The van der Waals surface area contributed by atoms with Crippen LogP contribution in [-0.4, -0.2) is 16.1 Å². The largest absolute Gasteiger partial charge is 0.505 e. The Morgan fingerprint density at radius 1 is 1.21 bits per heavy atom. The molecule has 0 unspecified atom stereocenters. The fourth-order valence-corrected chi connectivity index (χ4v) is 1.44. The first-order valence-electron chi connectivity index (χ1n) is 3.57. The maximum absolute atomic E-state index is 10.8. The Kier molecular flexibility index (Phi) is 2.78. The Bertz CT molecular complexity index is 389. The lowest BCUT2D eigenvalue weighted by atomic mass is 10.1. The third kappa shape index (κ3) is 1.47. The highest BCUT2D eigenvalue weighted by Crippen LogP contribution is 2.42. The lowest BCUT2D eigenvalue weighted by Crippen LogP contribution is -2.12. The third-order valence-electron chi connectivity index (χ3n) is 1.79. The Morgan fingerprint density at radius 3 is 1.86 bits per heavy atom. The number of amides is 1. The van der Waals surface area contributed by atoms with Crippen LogP contribution in [0, 0.1) is 6.92 Å². The van der Waals surface area contributed by atoms with E-state index in [9.17, 15) is 15.0 Å². The highest BCUT2D eigenvalue weighted by molar-refractivity contribution is 6.38. The second-order valence-corrected chi connectivity index (χ2v) is 3.45. The molecule has 6 heteroatoms. The number of nitrogens with two attached hydrogens (primary N) is 1.